The molecule has 3 aromatic rings. The van der Waals surface area contributed by atoms with E-state index in [4.69, 9.17) is 16.6 Å². The van der Waals surface area contributed by atoms with E-state index in [2.05, 4.69) is 0 Å². The first-order chi connectivity index (χ1) is 15.6. The Hall–Kier alpha value is -2.90. The van der Waals surface area contributed by atoms with E-state index in [9.17, 15) is 18.4 Å². The van der Waals surface area contributed by atoms with E-state index in [0.29, 0.717) is 44.0 Å². The fourth-order valence-corrected chi connectivity index (χ4v) is 5.61. The number of halogens is 3. The van der Waals surface area contributed by atoms with Gasteiger partial charge in [-0.2, -0.15) is 0 Å². The number of hydrogen-bond donors (Lipinski definition) is 0. The number of thiazole rings is 1. The third kappa shape index (κ3) is 3.89. The van der Waals surface area contributed by atoms with Crippen molar-refractivity contribution in [3.05, 3.63) is 101 Å². The first-order valence-electron chi connectivity index (χ1n) is 10.4. The zero-order valence-corrected chi connectivity index (χ0v) is 19.4. The van der Waals surface area contributed by atoms with Crippen LogP contribution in [0.25, 0.3) is 6.08 Å². The summed E-state index contributed by atoms with van der Waals surface area (Å²) in [5.41, 5.74) is 1.77. The highest BCUT2D eigenvalue weighted by Crippen LogP contribution is 2.43. The van der Waals surface area contributed by atoms with Gasteiger partial charge < -0.3 is 0 Å². The molecule has 0 amide bonds. The number of benzene rings is 2. The number of carbonyl (C=O) groups excluding carboxylic acids is 1. The van der Waals surface area contributed by atoms with Gasteiger partial charge in [0.1, 0.15) is 0 Å². The Kier molecular flexibility index (Phi) is 5.21. The van der Waals surface area contributed by atoms with E-state index in [1.807, 2.05) is 26.0 Å². The summed E-state index contributed by atoms with van der Waals surface area (Å²) in [6.07, 6.45) is 2.50. The smallest absolute Gasteiger partial charge is 0.271 e. The third-order valence-corrected chi connectivity index (χ3v) is 7.16. The molecule has 1 aliphatic carbocycles. The molecule has 1 aromatic heterocycles. The second-order valence-electron chi connectivity index (χ2n) is 9.11. The highest BCUT2D eigenvalue weighted by molar-refractivity contribution is 7.07. The lowest BCUT2D eigenvalue weighted by Crippen LogP contribution is -2.42. The fourth-order valence-electron chi connectivity index (χ4n) is 4.46. The largest absolute Gasteiger partial charge is 0.294 e. The molecule has 0 fully saturated rings. The van der Waals surface area contributed by atoms with Crippen LogP contribution in [0.5, 0.6) is 0 Å². The number of rotatable bonds is 2. The topological polar surface area (TPSA) is 51.4 Å². The second-order valence-corrected chi connectivity index (χ2v) is 10.6. The van der Waals surface area contributed by atoms with E-state index in [1.165, 1.54) is 28.0 Å². The van der Waals surface area contributed by atoms with Crippen LogP contribution < -0.4 is 14.9 Å². The van der Waals surface area contributed by atoms with E-state index >= 15 is 0 Å². The summed E-state index contributed by atoms with van der Waals surface area (Å²) in [5, 5.41) is 0.551. The molecule has 168 valence electrons. The first kappa shape index (κ1) is 21.9. The molecule has 0 bridgehead atoms. The van der Waals surface area contributed by atoms with Gasteiger partial charge in [-0.25, -0.2) is 13.8 Å². The maximum Gasteiger partial charge on any atom is 0.271 e. The molecule has 1 aliphatic heterocycles. The average molecular weight is 485 g/mol. The van der Waals surface area contributed by atoms with Crippen molar-refractivity contribution in [2.45, 2.75) is 32.7 Å². The van der Waals surface area contributed by atoms with Crippen LogP contribution in [-0.2, 0) is 4.79 Å². The minimum Gasteiger partial charge on any atom is -0.294 e. The molecule has 4 nitrogen and oxygen atoms in total. The molecule has 5 rings (SSSR count). The summed E-state index contributed by atoms with van der Waals surface area (Å²) in [5.74, 6) is -1.97. The van der Waals surface area contributed by atoms with Crippen LogP contribution >= 0.6 is 22.9 Å². The number of Topliss-reactive ketones (excluding diaryl/α,β-unsaturated/α-hetero) is 1. The van der Waals surface area contributed by atoms with Gasteiger partial charge in [0.2, 0.25) is 0 Å². The van der Waals surface area contributed by atoms with Crippen molar-refractivity contribution < 1.29 is 13.6 Å². The summed E-state index contributed by atoms with van der Waals surface area (Å²) in [6, 6.07) is 9.92. The molecule has 0 radical (unpaired) electrons. The van der Waals surface area contributed by atoms with Crippen LogP contribution in [0.2, 0.25) is 5.02 Å². The molecule has 1 atom stereocenters. The van der Waals surface area contributed by atoms with Gasteiger partial charge in [-0.05, 0) is 53.3 Å². The molecule has 2 aromatic carbocycles. The minimum absolute atomic E-state index is 0.0279. The zero-order chi connectivity index (χ0) is 23.5. The summed E-state index contributed by atoms with van der Waals surface area (Å²) in [4.78, 5) is 31.9. The molecule has 0 saturated carbocycles. The Morgan fingerprint density at radius 1 is 1.09 bits per heavy atom. The van der Waals surface area contributed by atoms with Crippen molar-refractivity contribution in [2.75, 3.05) is 0 Å². The zero-order valence-electron chi connectivity index (χ0n) is 17.9. The molecular weight excluding hydrogens is 466 g/mol. The Balaban J connectivity index is 1.76. The number of ketones is 1. The molecule has 8 heteroatoms. The summed E-state index contributed by atoms with van der Waals surface area (Å²) >= 11 is 7.24. The van der Waals surface area contributed by atoms with Gasteiger partial charge >= 0.3 is 0 Å². The van der Waals surface area contributed by atoms with Crippen LogP contribution in [0, 0.1) is 17.0 Å². The van der Waals surface area contributed by atoms with Crippen molar-refractivity contribution in [1.29, 1.82) is 0 Å². The SMILES string of the molecule is CC1(C)CC(=O)C2=C(C1)N=c1sc(=Cc3ccc(F)c(F)c3)c(=O)n1C2c1ccc(Cl)cc1. The monoisotopic (exact) mass is 484 g/mol. The van der Waals surface area contributed by atoms with Gasteiger partial charge in [-0.1, -0.05) is 55.0 Å². The maximum atomic E-state index is 13.7. The quantitative estimate of drug-likeness (QED) is 0.536. The third-order valence-electron chi connectivity index (χ3n) is 5.92. The highest BCUT2D eigenvalue weighted by atomic mass is 35.5. The van der Waals surface area contributed by atoms with Crippen LogP contribution in [0.1, 0.15) is 43.9 Å². The van der Waals surface area contributed by atoms with E-state index < -0.39 is 17.7 Å². The predicted octanol–water partition coefficient (Wildman–Crippen LogP) is 4.54. The van der Waals surface area contributed by atoms with Crippen LogP contribution in [-0.4, -0.2) is 10.4 Å². The highest BCUT2D eigenvalue weighted by Gasteiger charge is 2.40. The Morgan fingerprint density at radius 2 is 1.82 bits per heavy atom. The number of hydrogen-bond acceptors (Lipinski definition) is 4. The predicted molar refractivity (Wildman–Crippen MR) is 124 cm³/mol. The van der Waals surface area contributed by atoms with Gasteiger partial charge in [-0.15, -0.1) is 0 Å². The number of aromatic nitrogens is 1. The van der Waals surface area contributed by atoms with Crippen molar-refractivity contribution in [3.63, 3.8) is 0 Å². The lowest BCUT2D eigenvalue weighted by atomic mass is 9.73. The van der Waals surface area contributed by atoms with Gasteiger partial charge in [0.15, 0.2) is 22.2 Å². The molecule has 0 saturated heterocycles. The normalized spacial score (nSPS) is 19.8. The lowest BCUT2D eigenvalue weighted by Gasteiger charge is -2.35. The number of carbonyl (C=O) groups is 1. The Morgan fingerprint density at radius 3 is 2.52 bits per heavy atom. The fraction of sp³-hybridized carbons (Fsp3) is 0.240. The van der Waals surface area contributed by atoms with Crippen molar-refractivity contribution in [1.82, 2.24) is 4.57 Å². The van der Waals surface area contributed by atoms with E-state index in [0.717, 1.165) is 17.7 Å². The van der Waals surface area contributed by atoms with Gasteiger partial charge in [0.25, 0.3) is 5.56 Å². The maximum absolute atomic E-state index is 13.7. The molecular formula is C25H19ClF2N2O2S. The molecule has 2 aliphatic rings. The number of nitrogens with zero attached hydrogens (tertiary/aromatic N) is 2. The second kappa shape index (κ2) is 7.85. The van der Waals surface area contributed by atoms with Crippen molar-refractivity contribution in [2.24, 2.45) is 10.4 Å². The van der Waals surface area contributed by atoms with E-state index in [1.54, 1.807) is 12.1 Å². The van der Waals surface area contributed by atoms with Gasteiger partial charge in [0, 0.05) is 17.0 Å². The summed E-state index contributed by atoms with van der Waals surface area (Å²) in [6.45, 7) is 4.06. The average Bonchev–Trinajstić information content (AvgIpc) is 3.04. The molecule has 0 spiro atoms. The molecule has 0 N–H and O–H groups in total. The van der Waals surface area contributed by atoms with Crippen molar-refractivity contribution in [3.8, 4) is 0 Å². The first-order valence-corrected chi connectivity index (χ1v) is 11.6. The van der Waals surface area contributed by atoms with Crippen LogP contribution in [0.15, 0.2) is 63.5 Å². The number of allylic oxidation sites excluding steroid dienone is 2. The van der Waals surface area contributed by atoms with E-state index in [-0.39, 0.29) is 16.8 Å². The summed E-state index contributed by atoms with van der Waals surface area (Å²) < 4.78 is 28.9. The molecule has 1 unspecified atom stereocenters. The standard InChI is InChI=1S/C25H19ClF2N2O2S/c1-25(2)11-18-21(19(31)12-25)22(14-4-6-15(26)7-5-14)30-23(32)20(33-24(30)29-18)10-13-3-8-16(27)17(28)9-13/h3-10,22H,11-12H2,1-2H3. The van der Waals surface area contributed by atoms with Gasteiger partial charge in [-0.3, -0.25) is 14.2 Å². The van der Waals surface area contributed by atoms with Gasteiger partial charge in [0.05, 0.1) is 16.3 Å². The Labute approximate surface area is 197 Å². The van der Waals surface area contributed by atoms with Crippen LogP contribution in [0.4, 0.5) is 8.78 Å². The molecule has 2 heterocycles. The summed E-state index contributed by atoms with van der Waals surface area (Å²) in [7, 11) is 0. The van der Waals surface area contributed by atoms with Crippen molar-refractivity contribution >= 4 is 34.8 Å². The Bertz CT molecular complexity index is 1520. The lowest BCUT2D eigenvalue weighted by molar-refractivity contribution is -0.118. The minimum atomic E-state index is -0.987. The number of fused-ring (bicyclic) bond motifs is 1. The van der Waals surface area contributed by atoms with Crippen LogP contribution in [0.3, 0.4) is 0 Å². The molecule has 33 heavy (non-hydrogen) atoms.